The summed E-state index contributed by atoms with van der Waals surface area (Å²) >= 11 is 0. The Labute approximate surface area is 172 Å². The van der Waals surface area contributed by atoms with Gasteiger partial charge in [-0.05, 0) is 66.9 Å². The van der Waals surface area contributed by atoms with E-state index in [4.69, 9.17) is 0 Å². The maximum atomic E-state index is 13.1. The molecule has 2 aromatic carbocycles. The second-order valence-electron chi connectivity index (χ2n) is 7.31. The van der Waals surface area contributed by atoms with Gasteiger partial charge in [-0.25, -0.2) is 4.39 Å². The highest BCUT2D eigenvalue weighted by Crippen LogP contribution is 2.30. The molecule has 0 spiro atoms. The van der Waals surface area contributed by atoms with Crippen molar-refractivity contribution in [3.8, 4) is 0 Å². The van der Waals surface area contributed by atoms with E-state index in [1.54, 1.807) is 12.1 Å². The predicted octanol–water partition coefficient (Wildman–Crippen LogP) is 4.60. The molecule has 1 heterocycles. The number of likely N-dealkylation sites (N-methyl/N-ethyl adjacent to an activating group) is 1. The van der Waals surface area contributed by atoms with Gasteiger partial charge in [0.2, 0.25) is 0 Å². The van der Waals surface area contributed by atoms with Crippen LogP contribution in [0.25, 0.3) is 6.08 Å². The lowest BCUT2D eigenvalue weighted by Crippen LogP contribution is -2.46. The van der Waals surface area contributed by atoms with Crippen LogP contribution >= 0.6 is 12.4 Å². The number of carbonyl (C=O) groups excluding carboxylic acids is 1. The lowest BCUT2D eigenvalue weighted by atomic mass is 9.85. The molecule has 2 aromatic rings. The first kappa shape index (κ1) is 20.6. The van der Waals surface area contributed by atoms with Crippen LogP contribution < -0.4 is 4.90 Å². The number of benzene rings is 2. The van der Waals surface area contributed by atoms with Crippen LogP contribution in [0.1, 0.15) is 34.8 Å². The average Bonchev–Trinajstić information content (AvgIpc) is 2.71. The third-order valence-electron chi connectivity index (χ3n) is 5.68. The summed E-state index contributed by atoms with van der Waals surface area (Å²) in [5.74, 6) is -0.160. The van der Waals surface area contributed by atoms with E-state index in [2.05, 4.69) is 28.9 Å². The van der Waals surface area contributed by atoms with Crippen LogP contribution in [0, 0.1) is 5.82 Å². The number of fused-ring (bicyclic) bond motifs is 1. The highest BCUT2D eigenvalue weighted by Gasteiger charge is 2.23. The highest BCUT2D eigenvalue weighted by atomic mass is 35.5. The number of anilines is 1. The van der Waals surface area contributed by atoms with Crippen molar-refractivity contribution in [3.05, 3.63) is 70.5 Å². The van der Waals surface area contributed by atoms with Crippen LogP contribution in [0.4, 0.5) is 10.1 Å². The minimum atomic E-state index is -0.259. The summed E-state index contributed by atoms with van der Waals surface area (Å²) in [7, 11) is 0. The van der Waals surface area contributed by atoms with Crippen molar-refractivity contribution in [2.75, 3.05) is 37.6 Å². The molecule has 2 aliphatic rings. The Balaban J connectivity index is 0.00000225. The van der Waals surface area contributed by atoms with Crippen LogP contribution in [-0.2, 0) is 6.42 Å². The summed E-state index contributed by atoms with van der Waals surface area (Å²) in [5, 5.41) is 0. The van der Waals surface area contributed by atoms with Crippen LogP contribution in [0.5, 0.6) is 0 Å². The summed E-state index contributed by atoms with van der Waals surface area (Å²) in [6.07, 6.45) is 3.50. The molecule has 148 valence electrons. The van der Waals surface area contributed by atoms with Gasteiger partial charge in [0.15, 0.2) is 5.78 Å². The van der Waals surface area contributed by atoms with Crippen molar-refractivity contribution in [1.29, 1.82) is 0 Å². The van der Waals surface area contributed by atoms with Gasteiger partial charge in [0.25, 0.3) is 0 Å². The third kappa shape index (κ3) is 4.29. The molecule has 0 saturated carbocycles. The third-order valence-corrected chi connectivity index (χ3v) is 5.68. The monoisotopic (exact) mass is 400 g/mol. The maximum absolute atomic E-state index is 13.1. The average molecular weight is 401 g/mol. The highest BCUT2D eigenvalue weighted by molar-refractivity contribution is 6.13. The van der Waals surface area contributed by atoms with E-state index in [0.717, 1.165) is 67.8 Å². The standard InChI is InChI=1S/C23H25FN2O.ClH/c1-2-25-11-13-26(14-12-25)21-9-10-22-18(16-21)5-6-19(23(22)27)15-17-3-7-20(24)8-4-17;/h3-4,7-10,15-16H,2,5-6,11-14H2,1H3;1H/b19-15+;. The first-order chi connectivity index (χ1) is 13.1. The molecular weight excluding hydrogens is 375 g/mol. The number of aryl methyl sites for hydroxylation is 1. The van der Waals surface area contributed by atoms with E-state index in [-0.39, 0.29) is 24.0 Å². The van der Waals surface area contributed by atoms with Crippen LogP contribution in [0.3, 0.4) is 0 Å². The number of hydrogen-bond acceptors (Lipinski definition) is 3. The molecule has 4 rings (SSSR count). The van der Waals surface area contributed by atoms with E-state index in [1.165, 1.54) is 17.8 Å². The number of halogens is 2. The van der Waals surface area contributed by atoms with Gasteiger partial charge in [0, 0.05) is 43.0 Å². The molecule has 5 heteroatoms. The largest absolute Gasteiger partial charge is 0.369 e. The van der Waals surface area contributed by atoms with Crippen molar-refractivity contribution >= 4 is 30.0 Å². The quantitative estimate of drug-likeness (QED) is 0.703. The fraction of sp³-hybridized carbons (Fsp3) is 0.348. The predicted molar refractivity (Wildman–Crippen MR) is 115 cm³/mol. The van der Waals surface area contributed by atoms with Gasteiger partial charge < -0.3 is 9.80 Å². The van der Waals surface area contributed by atoms with E-state index < -0.39 is 0 Å². The first-order valence-corrected chi connectivity index (χ1v) is 9.75. The molecule has 0 aromatic heterocycles. The van der Waals surface area contributed by atoms with Crippen LogP contribution in [0.2, 0.25) is 0 Å². The summed E-state index contributed by atoms with van der Waals surface area (Å²) in [6.45, 7) is 7.58. The second-order valence-corrected chi connectivity index (χ2v) is 7.31. The summed E-state index contributed by atoms with van der Waals surface area (Å²) in [6, 6.07) is 12.5. The number of rotatable bonds is 3. The summed E-state index contributed by atoms with van der Waals surface area (Å²) < 4.78 is 13.1. The number of carbonyl (C=O) groups is 1. The van der Waals surface area contributed by atoms with Gasteiger partial charge in [-0.15, -0.1) is 12.4 Å². The number of ketones is 1. The number of Topliss-reactive ketones (excluding diaryl/α,β-unsaturated/α-hetero) is 1. The number of nitrogens with zero attached hydrogens (tertiary/aromatic N) is 2. The Bertz CT molecular complexity index is 871. The number of piperazine rings is 1. The zero-order chi connectivity index (χ0) is 18.8. The van der Waals surface area contributed by atoms with Crippen molar-refractivity contribution in [2.45, 2.75) is 19.8 Å². The summed E-state index contributed by atoms with van der Waals surface area (Å²) in [4.78, 5) is 17.8. The van der Waals surface area contributed by atoms with E-state index in [1.807, 2.05) is 12.1 Å². The summed E-state index contributed by atoms with van der Waals surface area (Å²) in [5.41, 5.74) is 4.85. The van der Waals surface area contributed by atoms with E-state index in [0.29, 0.717) is 0 Å². The Morgan fingerprint density at radius 1 is 1.00 bits per heavy atom. The van der Waals surface area contributed by atoms with E-state index >= 15 is 0 Å². The topological polar surface area (TPSA) is 23.6 Å². The van der Waals surface area contributed by atoms with Gasteiger partial charge >= 0.3 is 0 Å². The number of allylic oxidation sites excluding steroid dienone is 1. The Morgan fingerprint density at radius 2 is 1.71 bits per heavy atom. The van der Waals surface area contributed by atoms with Crippen LogP contribution in [-0.4, -0.2) is 43.4 Å². The molecule has 1 aliphatic heterocycles. The molecule has 1 saturated heterocycles. The zero-order valence-corrected chi connectivity index (χ0v) is 17.0. The molecule has 0 radical (unpaired) electrons. The number of hydrogen-bond donors (Lipinski definition) is 0. The van der Waals surface area contributed by atoms with Gasteiger partial charge in [-0.3, -0.25) is 4.79 Å². The Hall–Kier alpha value is -2.17. The second kappa shape index (κ2) is 8.89. The van der Waals surface area contributed by atoms with Gasteiger partial charge in [-0.2, -0.15) is 0 Å². The molecular formula is C23H26ClFN2O. The lowest BCUT2D eigenvalue weighted by Gasteiger charge is -2.36. The van der Waals surface area contributed by atoms with E-state index in [9.17, 15) is 9.18 Å². The Morgan fingerprint density at radius 3 is 2.39 bits per heavy atom. The Kier molecular flexibility index (Phi) is 6.53. The normalized spacial score (nSPS) is 18.7. The molecule has 0 bridgehead atoms. The maximum Gasteiger partial charge on any atom is 0.189 e. The first-order valence-electron chi connectivity index (χ1n) is 9.75. The van der Waals surface area contributed by atoms with Crippen molar-refractivity contribution in [1.82, 2.24) is 4.90 Å². The van der Waals surface area contributed by atoms with Gasteiger partial charge in [0.1, 0.15) is 5.82 Å². The minimum absolute atomic E-state index is 0. The molecule has 0 atom stereocenters. The minimum Gasteiger partial charge on any atom is -0.369 e. The van der Waals surface area contributed by atoms with Gasteiger partial charge in [-0.1, -0.05) is 19.1 Å². The van der Waals surface area contributed by atoms with Gasteiger partial charge in [0.05, 0.1) is 0 Å². The molecule has 28 heavy (non-hydrogen) atoms. The molecule has 0 amide bonds. The van der Waals surface area contributed by atoms with Crippen molar-refractivity contribution in [2.24, 2.45) is 0 Å². The molecule has 0 N–H and O–H groups in total. The van der Waals surface area contributed by atoms with Crippen molar-refractivity contribution < 1.29 is 9.18 Å². The SMILES string of the molecule is CCN1CCN(c2ccc3c(c2)CC/C(=C\c2ccc(F)cc2)C3=O)CC1.Cl. The fourth-order valence-corrected chi connectivity index (χ4v) is 3.98. The van der Waals surface area contributed by atoms with Crippen LogP contribution in [0.15, 0.2) is 48.0 Å². The fourth-order valence-electron chi connectivity index (χ4n) is 3.98. The lowest BCUT2D eigenvalue weighted by molar-refractivity contribution is 0.102. The molecule has 3 nitrogen and oxygen atoms in total. The molecule has 0 unspecified atom stereocenters. The smallest absolute Gasteiger partial charge is 0.189 e. The van der Waals surface area contributed by atoms with Crippen molar-refractivity contribution in [3.63, 3.8) is 0 Å². The molecule has 1 aliphatic carbocycles. The zero-order valence-electron chi connectivity index (χ0n) is 16.2. The molecule has 1 fully saturated rings.